The monoisotopic (exact) mass is 1100 g/mol. The van der Waals surface area contributed by atoms with E-state index < -0.39 is 29.5 Å². The lowest BCUT2D eigenvalue weighted by Crippen LogP contribution is -2.70. The number of nitrogens with zero attached hydrogens (tertiary/aromatic N) is 11. The van der Waals surface area contributed by atoms with Crippen molar-refractivity contribution < 1.29 is 38.6 Å². The minimum absolute atomic E-state index is 0.00547. The number of anilines is 3. The fourth-order valence-corrected chi connectivity index (χ4v) is 12.9. The minimum atomic E-state index is -0.936. The largest absolute Gasteiger partial charge is 0.507 e. The molecule has 5 N–H and O–H groups in total. The van der Waals surface area contributed by atoms with E-state index in [2.05, 4.69) is 62.4 Å². The van der Waals surface area contributed by atoms with Crippen LogP contribution in [0.1, 0.15) is 63.0 Å². The normalized spacial score (nSPS) is 21.5. The van der Waals surface area contributed by atoms with Crippen LogP contribution in [0.5, 0.6) is 17.5 Å². The van der Waals surface area contributed by atoms with Crippen molar-refractivity contribution in [2.75, 3.05) is 101 Å². The number of carbonyl (C=O) groups is 3. The Morgan fingerprint density at radius 1 is 0.886 bits per heavy atom. The summed E-state index contributed by atoms with van der Waals surface area (Å²) in [6, 6.07) is 22.4. The van der Waals surface area contributed by atoms with Crippen molar-refractivity contribution in [1.82, 2.24) is 50.2 Å². The molecule has 79 heavy (non-hydrogen) atoms. The number of phenolic OH excluding ortho intramolecular Hbond substituents is 1. The van der Waals surface area contributed by atoms with Crippen molar-refractivity contribution in [2.24, 2.45) is 5.92 Å². The van der Waals surface area contributed by atoms with Gasteiger partial charge in [0.05, 0.1) is 33.6 Å². The Hall–Kier alpha value is -7.40. The summed E-state index contributed by atoms with van der Waals surface area (Å²) < 4.78 is 18.1. The molecular formula is C57H69N13O8S. The Morgan fingerprint density at radius 3 is 2.24 bits per heavy atom. The molecule has 2 aromatic carbocycles. The van der Waals surface area contributed by atoms with Gasteiger partial charge in [0, 0.05) is 127 Å². The van der Waals surface area contributed by atoms with Crippen LogP contribution in [0.2, 0.25) is 0 Å². The highest BCUT2D eigenvalue weighted by Crippen LogP contribution is 2.41. The van der Waals surface area contributed by atoms with Gasteiger partial charge in [-0.1, -0.05) is 50.2 Å². The lowest BCUT2D eigenvalue weighted by Gasteiger charge is -2.51. The molecule has 5 aliphatic rings. The molecule has 2 unspecified atom stereocenters. The van der Waals surface area contributed by atoms with Crippen molar-refractivity contribution in [3.63, 3.8) is 0 Å². The molecule has 3 amide bonds. The second-order valence-corrected chi connectivity index (χ2v) is 22.8. The number of hydrogen-bond acceptors (Lipinski definition) is 19. The number of nitrogens with two attached hydrogens (primary N) is 1. The predicted molar refractivity (Wildman–Crippen MR) is 298 cm³/mol. The van der Waals surface area contributed by atoms with Gasteiger partial charge in [-0.2, -0.15) is 0 Å². The molecular weight excluding hydrogens is 1030 g/mol. The van der Waals surface area contributed by atoms with E-state index in [4.69, 9.17) is 19.7 Å². The van der Waals surface area contributed by atoms with Gasteiger partial charge in [-0.25, -0.2) is 9.97 Å². The molecule has 0 radical (unpaired) electrons. The number of ether oxygens (including phenoxy) is 2. The van der Waals surface area contributed by atoms with Crippen LogP contribution in [0.15, 0.2) is 89.0 Å². The summed E-state index contributed by atoms with van der Waals surface area (Å²) in [6.45, 7) is 15.2. The Labute approximate surface area is 463 Å². The van der Waals surface area contributed by atoms with Crippen LogP contribution in [0.3, 0.4) is 0 Å². The second kappa shape index (κ2) is 22.8. The third-order valence-electron chi connectivity index (χ3n) is 16.4. The Kier molecular flexibility index (Phi) is 15.4. The third-order valence-corrected chi connectivity index (χ3v) is 17.4. The molecule has 0 aliphatic carbocycles. The fraction of sp³-hybridized carbons (Fsp3) is 0.474. The molecule has 5 saturated heterocycles. The number of carbonyl (C=O) groups excluding carboxylic acids is 3. The quantitative estimate of drug-likeness (QED) is 0.0907. The van der Waals surface area contributed by atoms with Crippen LogP contribution in [0.4, 0.5) is 17.2 Å². The highest BCUT2D eigenvalue weighted by Gasteiger charge is 2.50. The fourth-order valence-electron chi connectivity index (χ4n) is 12.1. The predicted octanol–water partition coefficient (Wildman–Crippen LogP) is 4.75. The molecule has 11 rings (SSSR count). The molecule has 6 aromatic rings. The number of aliphatic hydroxyl groups excluding tert-OH is 1. The molecule has 416 valence electrons. The van der Waals surface area contributed by atoms with Gasteiger partial charge in [-0.05, 0) is 66.2 Å². The molecule has 5 aliphatic heterocycles. The lowest BCUT2D eigenvalue weighted by molar-refractivity contribution is -0.145. The lowest BCUT2D eigenvalue weighted by atomic mass is 9.81. The molecule has 0 saturated carbocycles. The number of β-amino-alcohol motifs (C(OH)–C–C–N with tert-alkyl or cyclic N) is 1. The SMILES string of the molecule is CC(=O)N1CC(NC(=O)[C@@H]2C[C@@H](O)CN2C(=O)[C@H](c2cc(OCCN3CCN(CCOc4cc(N5C6CCC5CN(c5cc(-c7ccccc7O)nnc5N)C6)ccn4)CC3)no2)C(C)C)(c2ccc(-c3scnc3C)cc2)C1. The minimum Gasteiger partial charge on any atom is -0.507 e. The summed E-state index contributed by atoms with van der Waals surface area (Å²) in [6.07, 6.45) is 3.12. The molecule has 22 heteroatoms. The van der Waals surface area contributed by atoms with Gasteiger partial charge in [0.25, 0.3) is 5.88 Å². The number of fused-ring (bicyclic) bond motifs is 2. The Balaban J connectivity index is 0.632. The summed E-state index contributed by atoms with van der Waals surface area (Å²) >= 11 is 1.56. The molecule has 4 aromatic heterocycles. The van der Waals surface area contributed by atoms with Crippen molar-refractivity contribution in [3.8, 4) is 39.2 Å². The highest BCUT2D eigenvalue weighted by atomic mass is 32.1. The smallest absolute Gasteiger partial charge is 0.254 e. The average Bonchev–Trinajstić information content (AvgIpc) is 4.40. The maximum atomic E-state index is 14.5. The number of aliphatic hydroxyl groups is 1. The number of hydrogen-bond donors (Lipinski definition) is 4. The van der Waals surface area contributed by atoms with Crippen LogP contribution in [0, 0.1) is 12.8 Å². The van der Waals surface area contributed by atoms with Crippen LogP contribution in [-0.2, 0) is 19.9 Å². The zero-order chi connectivity index (χ0) is 55.0. The number of likely N-dealkylation sites (tertiary alicyclic amines) is 2. The summed E-state index contributed by atoms with van der Waals surface area (Å²) in [7, 11) is 0. The molecule has 9 heterocycles. The van der Waals surface area contributed by atoms with Gasteiger partial charge >= 0.3 is 0 Å². The van der Waals surface area contributed by atoms with E-state index >= 15 is 0 Å². The number of aryl methyl sites for hydroxylation is 1. The maximum Gasteiger partial charge on any atom is 0.254 e. The average molecular weight is 1100 g/mol. The van der Waals surface area contributed by atoms with Crippen LogP contribution in [-0.4, -0.2) is 182 Å². The van der Waals surface area contributed by atoms with E-state index in [0.29, 0.717) is 48.5 Å². The standard InChI is InChI=1S/C57H69N13O8S/c1-35(2)52(56(75)69-31-43(72)26-47(69)55(74)61-57(32-68(33-57)37(4)71)39-11-9-38(10-12-39)53-36(3)60-34-79-53)49-28-51(64-78-49)77-24-22-66-19-17-65(18-20-66)21-23-76-50-25-40(15-16-59-50)70-41-13-14-42(70)30-67(29-41)46-27-45(62-63-54(46)58)44-7-5-6-8-48(44)73/h5-12,15-16,25,27-28,34-35,41-43,47,52,72-73H,13-14,17-24,26,29-33H2,1-4H3,(H2,58,63)(H,61,74)/t41?,42?,43-,47+,52+/m1/s1. The summed E-state index contributed by atoms with van der Waals surface area (Å²) in [5, 5.41) is 37.3. The number of nitrogens with one attached hydrogen (secondary N) is 1. The molecule has 21 nitrogen and oxygen atoms in total. The first kappa shape index (κ1) is 53.6. The summed E-state index contributed by atoms with van der Waals surface area (Å²) in [5.41, 5.74) is 13.3. The molecule has 5 fully saturated rings. The van der Waals surface area contributed by atoms with Crippen LogP contribution < -0.4 is 30.3 Å². The Bertz CT molecular complexity index is 3130. The van der Waals surface area contributed by atoms with Gasteiger partial charge in [0.2, 0.25) is 23.6 Å². The summed E-state index contributed by atoms with van der Waals surface area (Å²) in [5.74, 6) is -0.0970. The van der Waals surface area contributed by atoms with Crippen molar-refractivity contribution in [2.45, 2.75) is 82.6 Å². The number of rotatable bonds is 18. The number of aromatic hydroxyl groups is 1. The van der Waals surface area contributed by atoms with E-state index in [1.54, 1.807) is 34.4 Å². The molecule has 5 atom stereocenters. The topological polar surface area (TPSA) is 245 Å². The van der Waals surface area contributed by atoms with Gasteiger partial charge in [-0.3, -0.25) is 24.2 Å². The number of piperazine rings is 2. The first-order chi connectivity index (χ1) is 38.2. The third kappa shape index (κ3) is 11.3. The van der Waals surface area contributed by atoms with Crippen molar-refractivity contribution >= 4 is 46.3 Å². The number of pyridine rings is 1. The van der Waals surface area contributed by atoms with Gasteiger partial charge in [0.15, 0.2) is 11.6 Å². The van der Waals surface area contributed by atoms with Crippen molar-refractivity contribution in [3.05, 3.63) is 102 Å². The first-order valence-electron chi connectivity index (χ1n) is 27.3. The van der Waals surface area contributed by atoms with E-state index in [0.717, 1.165) is 91.7 Å². The second-order valence-electron chi connectivity index (χ2n) is 21.9. The number of thiazole rings is 1. The molecule has 2 bridgehead atoms. The van der Waals surface area contributed by atoms with E-state index in [9.17, 15) is 24.6 Å². The van der Waals surface area contributed by atoms with Gasteiger partial charge in [0.1, 0.15) is 36.5 Å². The number of para-hydroxylation sites is 1. The number of benzene rings is 2. The van der Waals surface area contributed by atoms with Crippen LogP contribution in [0.25, 0.3) is 21.7 Å². The van der Waals surface area contributed by atoms with Crippen molar-refractivity contribution in [1.29, 1.82) is 0 Å². The van der Waals surface area contributed by atoms with Gasteiger partial charge in [-0.15, -0.1) is 21.5 Å². The van der Waals surface area contributed by atoms with E-state index in [-0.39, 0.29) is 67.5 Å². The highest BCUT2D eigenvalue weighted by molar-refractivity contribution is 7.13. The summed E-state index contributed by atoms with van der Waals surface area (Å²) in [4.78, 5) is 63.9. The van der Waals surface area contributed by atoms with E-state index in [1.165, 1.54) is 11.8 Å². The van der Waals surface area contributed by atoms with Gasteiger partial charge < -0.3 is 54.9 Å². The number of nitrogen functional groups attached to an aromatic ring is 1. The molecule has 0 spiro atoms. The zero-order valence-corrected chi connectivity index (χ0v) is 45.9. The number of aromatic nitrogens is 5. The maximum absolute atomic E-state index is 14.5. The van der Waals surface area contributed by atoms with E-state index in [1.807, 2.05) is 74.9 Å². The Morgan fingerprint density at radius 2 is 1.58 bits per heavy atom. The number of phenols is 1. The zero-order valence-electron chi connectivity index (χ0n) is 45.1. The van der Waals surface area contributed by atoms with Crippen LogP contribution >= 0.6 is 11.3 Å². The first-order valence-corrected chi connectivity index (χ1v) is 28.2. The number of amides is 3.